The van der Waals surface area contributed by atoms with Gasteiger partial charge in [0, 0.05) is 13.0 Å². The average Bonchev–Trinajstić information content (AvgIpc) is 2.95. The van der Waals surface area contributed by atoms with Crippen LogP contribution in [0.3, 0.4) is 0 Å². The van der Waals surface area contributed by atoms with E-state index < -0.39 is 39.8 Å². The summed E-state index contributed by atoms with van der Waals surface area (Å²) >= 11 is 0. The quantitative estimate of drug-likeness (QED) is 0.295. The Balaban J connectivity index is 1.78. The van der Waals surface area contributed by atoms with Crippen LogP contribution in [0.4, 0.5) is 4.79 Å². The number of hydrogen-bond acceptors (Lipinski definition) is 8. The first-order valence-electron chi connectivity index (χ1n) is 11.1. The van der Waals surface area contributed by atoms with Crippen molar-refractivity contribution in [1.82, 2.24) is 9.96 Å². The minimum Gasteiger partial charge on any atom is -0.466 e. The summed E-state index contributed by atoms with van der Waals surface area (Å²) in [5, 5.41) is 0.737. The van der Waals surface area contributed by atoms with E-state index in [2.05, 4.69) is 6.92 Å². The minimum atomic E-state index is -4.52. The molecule has 2 bridgehead atoms. The van der Waals surface area contributed by atoms with Crippen LogP contribution < -0.4 is 5.73 Å². The summed E-state index contributed by atoms with van der Waals surface area (Å²) < 4.78 is 39.7. The fraction of sp³-hybridized carbons (Fsp3) is 0.850. The topological polar surface area (TPSA) is 146 Å². The molecule has 2 fully saturated rings. The summed E-state index contributed by atoms with van der Waals surface area (Å²) in [7, 11) is -4.52. The van der Waals surface area contributed by atoms with E-state index in [1.54, 1.807) is 13.8 Å². The van der Waals surface area contributed by atoms with E-state index in [-0.39, 0.29) is 25.5 Å². The lowest BCUT2D eigenvalue weighted by atomic mass is 9.89. The molecule has 0 aromatic carbocycles. The molecule has 2 N–H and O–H groups in total. The number of carbonyl (C=O) groups excluding carboxylic acids is 3. The number of hydroxylamine groups is 2. The molecule has 0 aliphatic carbocycles. The van der Waals surface area contributed by atoms with Gasteiger partial charge in [-0.05, 0) is 31.1 Å². The lowest BCUT2D eigenvalue weighted by Crippen LogP contribution is -2.47. The maximum atomic E-state index is 12.5. The van der Waals surface area contributed by atoms with Crippen molar-refractivity contribution >= 4 is 28.3 Å². The first kappa shape index (κ1) is 26.3. The fourth-order valence-electron chi connectivity index (χ4n) is 3.68. The molecule has 11 nitrogen and oxygen atoms in total. The number of ether oxygens (including phenoxy) is 1. The number of piperidine rings is 1. The van der Waals surface area contributed by atoms with Crippen molar-refractivity contribution in [1.29, 1.82) is 0 Å². The monoisotopic (exact) mass is 477 g/mol. The molecular formula is C20H35N3O8S. The van der Waals surface area contributed by atoms with Gasteiger partial charge in [-0.15, -0.1) is 4.28 Å². The number of amides is 3. The van der Waals surface area contributed by atoms with Gasteiger partial charge in [0.2, 0.25) is 5.91 Å². The zero-order chi connectivity index (χ0) is 23.9. The molecule has 0 aromatic rings. The number of nitrogens with zero attached hydrogens (tertiary/aromatic N) is 2. The number of fused-ring (bicyclic) bond motifs is 2. The number of esters is 1. The maximum absolute atomic E-state index is 12.5. The van der Waals surface area contributed by atoms with E-state index in [1.807, 2.05) is 0 Å². The average molecular weight is 478 g/mol. The predicted octanol–water partition coefficient (Wildman–Crippen LogP) is 1.86. The van der Waals surface area contributed by atoms with Crippen molar-refractivity contribution in [3.05, 3.63) is 0 Å². The number of unbranched alkanes of at least 4 members (excludes halogenated alkanes) is 3. The van der Waals surface area contributed by atoms with Crippen molar-refractivity contribution in [2.45, 2.75) is 84.2 Å². The second-order valence-corrected chi connectivity index (χ2v) is 10.3. The molecule has 184 valence electrons. The third-order valence-corrected chi connectivity index (χ3v) is 6.43. The van der Waals surface area contributed by atoms with Gasteiger partial charge in [0.15, 0.2) is 0 Å². The molecule has 0 saturated carbocycles. The molecule has 32 heavy (non-hydrogen) atoms. The van der Waals surface area contributed by atoms with Gasteiger partial charge in [-0.25, -0.2) is 8.98 Å². The minimum absolute atomic E-state index is 0.140. The van der Waals surface area contributed by atoms with Gasteiger partial charge < -0.3 is 15.4 Å². The van der Waals surface area contributed by atoms with Crippen LogP contribution in [0.25, 0.3) is 0 Å². The van der Waals surface area contributed by atoms with Crippen molar-refractivity contribution < 1.29 is 36.0 Å². The third kappa shape index (κ3) is 7.59. The summed E-state index contributed by atoms with van der Waals surface area (Å²) in [5.74, 6) is -0.972. The van der Waals surface area contributed by atoms with Crippen molar-refractivity contribution in [2.24, 2.45) is 11.1 Å². The van der Waals surface area contributed by atoms with Crippen molar-refractivity contribution in [3.8, 4) is 0 Å². The number of rotatable bonds is 14. The van der Waals surface area contributed by atoms with Gasteiger partial charge in [0.1, 0.15) is 6.04 Å². The van der Waals surface area contributed by atoms with E-state index >= 15 is 0 Å². The Morgan fingerprint density at radius 2 is 1.91 bits per heavy atom. The second kappa shape index (κ2) is 11.3. The van der Waals surface area contributed by atoms with Crippen LogP contribution in [-0.4, -0.2) is 68.1 Å². The second-order valence-electron chi connectivity index (χ2n) is 9.10. The zero-order valence-electron chi connectivity index (χ0n) is 19.1. The zero-order valence-corrected chi connectivity index (χ0v) is 19.9. The maximum Gasteiger partial charge on any atom is 0.421 e. The van der Waals surface area contributed by atoms with E-state index in [4.69, 9.17) is 18.9 Å². The van der Waals surface area contributed by atoms with Gasteiger partial charge >= 0.3 is 22.4 Å². The highest BCUT2D eigenvalue weighted by Crippen LogP contribution is 2.31. The van der Waals surface area contributed by atoms with Crippen LogP contribution in [0.15, 0.2) is 0 Å². The highest BCUT2D eigenvalue weighted by Gasteiger charge is 2.49. The molecule has 12 heteroatoms. The Hall–Kier alpha value is -1.92. The fourth-order valence-corrected chi connectivity index (χ4v) is 4.57. The molecule has 0 aromatic heterocycles. The van der Waals surface area contributed by atoms with Gasteiger partial charge in [-0.2, -0.15) is 13.5 Å². The predicted molar refractivity (Wildman–Crippen MR) is 114 cm³/mol. The normalized spacial score (nSPS) is 21.2. The van der Waals surface area contributed by atoms with Crippen LogP contribution >= 0.6 is 0 Å². The van der Waals surface area contributed by atoms with E-state index in [1.165, 1.54) is 4.90 Å². The molecule has 0 radical (unpaired) electrons. The van der Waals surface area contributed by atoms with E-state index in [0.717, 1.165) is 30.7 Å². The summed E-state index contributed by atoms with van der Waals surface area (Å²) in [6.07, 6.45) is 5.28. The molecule has 2 saturated heterocycles. The molecule has 2 heterocycles. The Labute approximate surface area is 189 Å². The summed E-state index contributed by atoms with van der Waals surface area (Å²) in [5.41, 5.74) is 4.66. The lowest BCUT2D eigenvalue weighted by molar-refractivity contribution is -0.144. The van der Waals surface area contributed by atoms with Crippen LogP contribution in [-0.2, 0) is 33.2 Å². The Morgan fingerprint density at radius 3 is 2.56 bits per heavy atom. The molecule has 3 amide bonds. The Bertz CT molecular complexity index is 786. The lowest BCUT2D eigenvalue weighted by Gasteiger charge is -2.27. The van der Waals surface area contributed by atoms with Crippen molar-refractivity contribution in [2.75, 3.05) is 19.8 Å². The smallest absolute Gasteiger partial charge is 0.421 e. The molecule has 2 rings (SSSR count). The van der Waals surface area contributed by atoms with Gasteiger partial charge in [-0.3, -0.25) is 9.59 Å². The highest BCUT2D eigenvalue weighted by atomic mass is 32.3. The van der Waals surface area contributed by atoms with Crippen LogP contribution in [0.1, 0.15) is 72.1 Å². The number of nitrogens with two attached hydrogens (primary N) is 1. The number of carbonyl (C=O) groups is 3. The Morgan fingerprint density at radius 1 is 1.19 bits per heavy atom. The van der Waals surface area contributed by atoms with Crippen LogP contribution in [0, 0.1) is 5.41 Å². The molecular weight excluding hydrogens is 442 g/mol. The first-order valence-corrected chi connectivity index (χ1v) is 12.4. The summed E-state index contributed by atoms with van der Waals surface area (Å²) in [6, 6.07) is -2.01. The summed E-state index contributed by atoms with van der Waals surface area (Å²) in [6.45, 7) is 5.93. The Kier molecular flexibility index (Phi) is 9.28. The number of hydrogen-bond donors (Lipinski definition) is 1. The largest absolute Gasteiger partial charge is 0.466 e. The molecule has 1 unspecified atom stereocenters. The number of urea groups is 1. The molecule has 2 aliphatic heterocycles. The van der Waals surface area contributed by atoms with E-state index in [9.17, 15) is 22.8 Å². The van der Waals surface area contributed by atoms with E-state index in [0.29, 0.717) is 25.9 Å². The summed E-state index contributed by atoms with van der Waals surface area (Å²) in [4.78, 5) is 37.0. The third-order valence-electron chi connectivity index (χ3n) is 5.68. The molecule has 2 aliphatic rings. The first-order chi connectivity index (χ1) is 15.0. The molecule has 0 spiro atoms. The standard InChI is InChI=1S/C20H35N3O8S/c1-4-5-6-7-12-29-17(24)10-11-20(2,3)14-30-32(27,28)31-23-15-8-9-16(18(21)25)22(13-15)19(23)26/h15-16H,4-14H2,1-3H3,(H2,21,25)/t15-,16?/m1/s1. The van der Waals surface area contributed by atoms with Gasteiger partial charge in [-0.1, -0.05) is 40.0 Å². The SMILES string of the molecule is CCCCCCOC(=O)CCC(C)(C)COS(=O)(=O)ON1C(=O)N2C[C@H]1CCC2C(N)=O. The van der Waals surface area contributed by atoms with Crippen LogP contribution in [0.5, 0.6) is 0 Å². The number of primary amides is 1. The molecule has 2 atom stereocenters. The van der Waals surface area contributed by atoms with Gasteiger partial charge in [0.05, 0.1) is 19.3 Å². The van der Waals surface area contributed by atoms with Crippen molar-refractivity contribution in [3.63, 3.8) is 0 Å². The van der Waals surface area contributed by atoms with Crippen LogP contribution in [0.2, 0.25) is 0 Å². The van der Waals surface area contributed by atoms with Gasteiger partial charge in [0.25, 0.3) is 0 Å². The highest BCUT2D eigenvalue weighted by molar-refractivity contribution is 7.81.